The lowest BCUT2D eigenvalue weighted by atomic mass is 10.2. The minimum Gasteiger partial charge on any atom is -0.457 e. The highest BCUT2D eigenvalue weighted by Gasteiger charge is 2.05. The van der Waals surface area contributed by atoms with Gasteiger partial charge in [0.25, 0.3) is 0 Å². The summed E-state index contributed by atoms with van der Waals surface area (Å²) >= 11 is 11.9. The molecule has 0 fully saturated rings. The van der Waals surface area contributed by atoms with E-state index in [1.807, 2.05) is 24.3 Å². The van der Waals surface area contributed by atoms with Crippen LogP contribution >= 0.6 is 23.2 Å². The third kappa shape index (κ3) is 4.13. The van der Waals surface area contributed by atoms with E-state index in [0.717, 1.165) is 24.4 Å². The molecule has 100 valence electrons. The molecule has 19 heavy (non-hydrogen) atoms. The standard InChI is InChI=1S/C15H15Cl2NO/c1-2-18-10-11-5-3-4-6-15(11)19-14-8-12(16)7-13(17)9-14/h3-9,18H,2,10H2,1H3. The molecule has 0 heterocycles. The number of ether oxygens (including phenoxy) is 1. The minimum absolute atomic E-state index is 0.562. The smallest absolute Gasteiger partial charge is 0.131 e. The molecule has 2 aromatic carbocycles. The van der Waals surface area contributed by atoms with E-state index >= 15 is 0 Å². The molecule has 2 aromatic rings. The van der Waals surface area contributed by atoms with Crippen molar-refractivity contribution in [1.29, 1.82) is 0 Å². The maximum absolute atomic E-state index is 5.96. The number of para-hydroxylation sites is 1. The molecule has 0 amide bonds. The van der Waals surface area contributed by atoms with Crippen LogP contribution in [-0.4, -0.2) is 6.54 Å². The van der Waals surface area contributed by atoms with Crippen molar-refractivity contribution in [3.05, 3.63) is 58.1 Å². The predicted octanol–water partition coefficient (Wildman–Crippen LogP) is 4.90. The molecule has 2 rings (SSSR count). The van der Waals surface area contributed by atoms with Gasteiger partial charge in [0.1, 0.15) is 11.5 Å². The maximum atomic E-state index is 5.96. The van der Waals surface area contributed by atoms with Gasteiger partial charge in [-0.2, -0.15) is 0 Å². The Labute approximate surface area is 123 Å². The monoisotopic (exact) mass is 295 g/mol. The molecule has 0 aliphatic carbocycles. The van der Waals surface area contributed by atoms with Gasteiger partial charge in [0.15, 0.2) is 0 Å². The summed E-state index contributed by atoms with van der Waals surface area (Å²) < 4.78 is 5.86. The molecule has 0 bridgehead atoms. The SMILES string of the molecule is CCNCc1ccccc1Oc1cc(Cl)cc(Cl)c1. The molecule has 0 spiro atoms. The van der Waals surface area contributed by atoms with Crippen LogP contribution in [0.4, 0.5) is 0 Å². The Balaban J connectivity index is 2.22. The Morgan fingerprint density at radius 2 is 1.74 bits per heavy atom. The molecule has 0 unspecified atom stereocenters. The van der Waals surface area contributed by atoms with E-state index in [9.17, 15) is 0 Å². The third-order valence-electron chi connectivity index (χ3n) is 2.60. The zero-order chi connectivity index (χ0) is 13.7. The lowest BCUT2D eigenvalue weighted by Crippen LogP contribution is -2.12. The van der Waals surface area contributed by atoms with Crippen LogP contribution in [0, 0.1) is 0 Å². The van der Waals surface area contributed by atoms with Crippen LogP contribution in [0.5, 0.6) is 11.5 Å². The molecule has 0 aliphatic heterocycles. The molecular weight excluding hydrogens is 281 g/mol. The second-order valence-electron chi connectivity index (χ2n) is 4.10. The second kappa shape index (κ2) is 6.80. The van der Waals surface area contributed by atoms with Crippen molar-refractivity contribution in [1.82, 2.24) is 5.32 Å². The van der Waals surface area contributed by atoms with Crippen LogP contribution < -0.4 is 10.1 Å². The first kappa shape index (κ1) is 14.2. The normalized spacial score (nSPS) is 10.5. The highest BCUT2D eigenvalue weighted by molar-refractivity contribution is 6.34. The van der Waals surface area contributed by atoms with Crippen LogP contribution in [0.15, 0.2) is 42.5 Å². The van der Waals surface area contributed by atoms with Gasteiger partial charge in [-0.05, 0) is 30.8 Å². The molecule has 0 saturated carbocycles. The first-order valence-electron chi connectivity index (χ1n) is 6.11. The number of halogens is 2. The zero-order valence-electron chi connectivity index (χ0n) is 10.6. The average molecular weight is 296 g/mol. The lowest BCUT2D eigenvalue weighted by Gasteiger charge is -2.12. The fraction of sp³-hybridized carbons (Fsp3) is 0.200. The van der Waals surface area contributed by atoms with E-state index in [1.165, 1.54) is 0 Å². The van der Waals surface area contributed by atoms with Crippen LogP contribution in [0.25, 0.3) is 0 Å². The average Bonchev–Trinajstić information content (AvgIpc) is 2.36. The van der Waals surface area contributed by atoms with Crippen LogP contribution in [0.1, 0.15) is 12.5 Å². The van der Waals surface area contributed by atoms with Crippen molar-refractivity contribution in [2.45, 2.75) is 13.5 Å². The highest BCUT2D eigenvalue weighted by Crippen LogP contribution is 2.30. The van der Waals surface area contributed by atoms with Crippen molar-refractivity contribution >= 4 is 23.2 Å². The quantitative estimate of drug-likeness (QED) is 0.847. The van der Waals surface area contributed by atoms with Gasteiger partial charge in [0.2, 0.25) is 0 Å². The Hall–Kier alpha value is -1.22. The van der Waals surface area contributed by atoms with E-state index in [1.54, 1.807) is 18.2 Å². The van der Waals surface area contributed by atoms with E-state index < -0.39 is 0 Å². The number of nitrogens with one attached hydrogen (secondary N) is 1. The predicted molar refractivity (Wildman–Crippen MR) is 80.4 cm³/mol. The van der Waals surface area contributed by atoms with E-state index in [2.05, 4.69) is 12.2 Å². The summed E-state index contributed by atoms with van der Waals surface area (Å²) in [6.45, 7) is 3.75. The molecule has 0 aromatic heterocycles. The molecule has 1 N–H and O–H groups in total. The van der Waals surface area contributed by atoms with Gasteiger partial charge in [-0.1, -0.05) is 48.3 Å². The van der Waals surface area contributed by atoms with Gasteiger partial charge >= 0.3 is 0 Å². The summed E-state index contributed by atoms with van der Waals surface area (Å²) in [5, 5.41) is 4.40. The van der Waals surface area contributed by atoms with Gasteiger partial charge in [-0.25, -0.2) is 0 Å². The Bertz CT molecular complexity index is 537. The number of hydrogen-bond acceptors (Lipinski definition) is 2. The highest BCUT2D eigenvalue weighted by atomic mass is 35.5. The van der Waals surface area contributed by atoms with Gasteiger partial charge in [0, 0.05) is 22.2 Å². The molecule has 0 radical (unpaired) electrons. The van der Waals surface area contributed by atoms with Gasteiger partial charge in [0.05, 0.1) is 0 Å². The molecule has 4 heteroatoms. The van der Waals surface area contributed by atoms with E-state index in [4.69, 9.17) is 27.9 Å². The molecule has 0 aliphatic rings. The van der Waals surface area contributed by atoms with Crippen molar-refractivity contribution in [3.63, 3.8) is 0 Å². The van der Waals surface area contributed by atoms with Gasteiger partial charge in [-0.3, -0.25) is 0 Å². The topological polar surface area (TPSA) is 21.3 Å². The van der Waals surface area contributed by atoms with E-state index in [-0.39, 0.29) is 0 Å². The minimum atomic E-state index is 0.562. The van der Waals surface area contributed by atoms with Crippen molar-refractivity contribution in [2.24, 2.45) is 0 Å². The first-order valence-corrected chi connectivity index (χ1v) is 6.87. The number of benzene rings is 2. The summed E-state index contributed by atoms with van der Waals surface area (Å²) in [7, 11) is 0. The zero-order valence-corrected chi connectivity index (χ0v) is 12.1. The Kier molecular flexibility index (Phi) is 5.08. The fourth-order valence-electron chi connectivity index (χ4n) is 1.72. The van der Waals surface area contributed by atoms with E-state index in [0.29, 0.717) is 15.8 Å². The molecule has 2 nitrogen and oxygen atoms in total. The number of rotatable bonds is 5. The molecular formula is C15H15Cl2NO. The number of hydrogen-bond donors (Lipinski definition) is 1. The van der Waals surface area contributed by atoms with Gasteiger partial charge in [-0.15, -0.1) is 0 Å². The van der Waals surface area contributed by atoms with Crippen LogP contribution in [0.2, 0.25) is 10.0 Å². The lowest BCUT2D eigenvalue weighted by molar-refractivity contribution is 0.473. The Morgan fingerprint density at radius 3 is 2.42 bits per heavy atom. The third-order valence-corrected chi connectivity index (χ3v) is 3.04. The van der Waals surface area contributed by atoms with Crippen molar-refractivity contribution in [2.75, 3.05) is 6.54 Å². The van der Waals surface area contributed by atoms with Gasteiger partial charge < -0.3 is 10.1 Å². The molecule has 0 saturated heterocycles. The summed E-state index contributed by atoms with van der Waals surface area (Å²) in [5.41, 5.74) is 1.10. The summed E-state index contributed by atoms with van der Waals surface area (Å²) in [5.74, 6) is 1.45. The second-order valence-corrected chi connectivity index (χ2v) is 4.97. The summed E-state index contributed by atoms with van der Waals surface area (Å²) in [6, 6.07) is 13.1. The largest absolute Gasteiger partial charge is 0.457 e. The molecule has 0 atom stereocenters. The van der Waals surface area contributed by atoms with Crippen LogP contribution in [-0.2, 0) is 6.54 Å². The van der Waals surface area contributed by atoms with Crippen LogP contribution in [0.3, 0.4) is 0 Å². The summed E-state index contributed by atoms with van der Waals surface area (Å²) in [4.78, 5) is 0. The summed E-state index contributed by atoms with van der Waals surface area (Å²) in [6.07, 6.45) is 0. The maximum Gasteiger partial charge on any atom is 0.131 e. The van der Waals surface area contributed by atoms with Crippen molar-refractivity contribution < 1.29 is 4.74 Å². The fourth-order valence-corrected chi connectivity index (χ4v) is 2.23. The van der Waals surface area contributed by atoms with Crippen molar-refractivity contribution in [3.8, 4) is 11.5 Å². The first-order chi connectivity index (χ1) is 9.19. The Morgan fingerprint density at radius 1 is 1.05 bits per heavy atom.